The predicted molar refractivity (Wildman–Crippen MR) is 78.2 cm³/mol. The Morgan fingerprint density at radius 3 is 3.05 bits per heavy atom. The molecule has 0 saturated heterocycles. The summed E-state index contributed by atoms with van der Waals surface area (Å²) >= 11 is 6.20. The SMILES string of the molecule is COC(=O)C1CCc2c(Cl)nc(-c3cccc(O)c3)n2C1. The third-order valence-corrected chi connectivity index (χ3v) is 4.10. The number of methoxy groups -OCH3 is 1. The van der Waals surface area contributed by atoms with E-state index in [1.165, 1.54) is 7.11 Å². The molecule has 5 nitrogen and oxygen atoms in total. The first kappa shape index (κ1) is 13.9. The van der Waals surface area contributed by atoms with Crippen LogP contribution in [-0.2, 0) is 22.5 Å². The largest absolute Gasteiger partial charge is 0.508 e. The molecule has 1 unspecified atom stereocenters. The highest BCUT2D eigenvalue weighted by Crippen LogP contribution is 2.33. The summed E-state index contributed by atoms with van der Waals surface area (Å²) in [4.78, 5) is 16.1. The number of carbonyl (C=O) groups is 1. The van der Waals surface area contributed by atoms with Crippen molar-refractivity contribution in [2.75, 3.05) is 7.11 Å². The van der Waals surface area contributed by atoms with Crippen LogP contribution in [0.3, 0.4) is 0 Å². The Kier molecular flexibility index (Phi) is 3.59. The van der Waals surface area contributed by atoms with Crippen LogP contribution in [0.15, 0.2) is 24.3 Å². The first-order chi connectivity index (χ1) is 10.1. The molecule has 110 valence electrons. The number of aromatic nitrogens is 2. The molecule has 1 aliphatic rings. The molecule has 2 aromatic rings. The van der Waals surface area contributed by atoms with Gasteiger partial charge in [0.1, 0.15) is 11.6 Å². The minimum Gasteiger partial charge on any atom is -0.508 e. The number of fused-ring (bicyclic) bond motifs is 1. The number of rotatable bonds is 2. The molecule has 1 aliphatic heterocycles. The Hall–Kier alpha value is -2.01. The molecule has 1 N–H and O–H groups in total. The molecule has 0 spiro atoms. The molecule has 0 bridgehead atoms. The number of aromatic hydroxyl groups is 1. The van der Waals surface area contributed by atoms with Gasteiger partial charge >= 0.3 is 5.97 Å². The maximum atomic E-state index is 11.8. The highest BCUT2D eigenvalue weighted by atomic mass is 35.5. The lowest BCUT2D eigenvalue weighted by Gasteiger charge is -2.23. The van der Waals surface area contributed by atoms with Crippen LogP contribution in [0.5, 0.6) is 5.75 Å². The Balaban J connectivity index is 2.03. The van der Waals surface area contributed by atoms with E-state index in [-0.39, 0.29) is 17.6 Å². The molecule has 1 atom stereocenters. The average molecular weight is 307 g/mol. The van der Waals surface area contributed by atoms with Crippen LogP contribution in [0.2, 0.25) is 5.15 Å². The van der Waals surface area contributed by atoms with E-state index in [4.69, 9.17) is 16.3 Å². The number of esters is 1. The van der Waals surface area contributed by atoms with Crippen molar-refractivity contribution >= 4 is 17.6 Å². The number of phenols is 1. The topological polar surface area (TPSA) is 64.3 Å². The highest BCUT2D eigenvalue weighted by molar-refractivity contribution is 6.30. The number of phenolic OH excluding ortho intramolecular Hbond substituents is 1. The molecule has 2 heterocycles. The van der Waals surface area contributed by atoms with Crippen LogP contribution < -0.4 is 0 Å². The van der Waals surface area contributed by atoms with Crippen molar-refractivity contribution in [3.05, 3.63) is 35.1 Å². The zero-order chi connectivity index (χ0) is 15.0. The third-order valence-electron chi connectivity index (χ3n) is 3.80. The molecule has 6 heteroatoms. The van der Waals surface area contributed by atoms with Gasteiger partial charge in [0.05, 0.1) is 18.7 Å². The summed E-state index contributed by atoms with van der Waals surface area (Å²) in [7, 11) is 1.40. The zero-order valence-electron chi connectivity index (χ0n) is 11.5. The van der Waals surface area contributed by atoms with Gasteiger partial charge in [0.15, 0.2) is 5.15 Å². The molecule has 1 aromatic heterocycles. The molecule has 0 radical (unpaired) electrons. The molecule has 0 aliphatic carbocycles. The first-order valence-corrected chi connectivity index (χ1v) is 7.10. The third kappa shape index (κ3) is 2.49. The number of hydrogen-bond donors (Lipinski definition) is 1. The predicted octanol–water partition coefficient (Wildman–Crippen LogP) is 2.64. The number of halogens is 1. The zero-order valence-corrected chi connectivity index (χ0v) is 12.3. The Labute approximate surface area is 127 Å². The van der Waals surface area contributed by atoms with Gasteiger partial charge in [0, 0.05) is 12.1 Å². The molecule has 0 fully saturated rings. The van der Waals surface area contributed by atoms with Gasteiger partial charge < -0.3 is 14.4 Å². The number of imidazole rings is 1. The molecular weight excluding hydrogens is 292 g/mol. The second kappa shape index (κ2) is 5.41. The number of ether oxygens (including phenoxy) is 1. The lowest BCUT2D eigenvalue weighted by atomic mass is 9.98. The normalized spacial score (nSPS) is 17.3. The van der Waals surface area contributed by atoms with Crippen LogP contribution >= 0.6 is 11.6 Å². The lowest BCUT2D eigenvalue weighted by Crippen LogP contribution is -2.28. The van der Waals surface area contributed by atoms with E-state index in [1.807, 2.05) is 10.6 Å². The van der Waals surface area contributed by atoms with Gasteiger partial charge in [-0.25, -0.2) is 4.98 Å². The van der Waals surface area contributed by atoms with E-state index in [1.54, 1.807) is 18.2 Å². The minimum atomic E-state index is -0.215. The fourth-order valence-electron chi connectivity index (χ4n) is 2.74. The average Bonchev–Trinajstić information content (AvgIpc) is 2.83. The van der Waals surface area contributed by atoms with E-state index in [9.17, 15) is 9.90 Å². The van der Waals surface area contributed by atoms with Crippen LogP contribution in [0.25, 0.3) is 11.4 Å². The minimum absolute atomic E-state index is 0.168. The number of nitrogens with zero attached hydrogens (tertiary/aromatic N) is 2. The summed E-state index contributed by atoms with van der Waals surface area (Å²) in [6.07, 6.45) is 1.39. The van der Waals surface area contributed by atoms with Crippen LogP contribution in [-0.4, -0.2) is 27.7 Å². The molecule has 21 heavy (non-hydrogen) atoms. The van der Waals surface area contributed by atoms with Gasteiger partial charge in [0.25, 0.3) is 0 Å². The summed E-state index contributed by atoms with van der Waals surface area (Å²) in [5.41, 5.74) is 1.70. The van der Waals surface area contributed by atoms with E-state index < -0.39 is 0 Å². The Morgan fingerprint density at radius 1 is 1.52 bits per heavy atom. The van der Waals surface area contributed by atoms with E-state index in [0.717, 1.165) is 11.3 Å². The summed E-state index contributed by atoms with van der Waals surface area (Å²) < 4.78 is 6.78. The Bertz CT molecular complexity index is 696. The van der Waals surface area contributed by atoms with E-state index in [2.05, 4.69) is 4.98 Å². The number of carbonyl (C=O) groups excluding carboxylic acids is 1. The standard InChI is InChI=1S/C15H15ClN2O3/c1-21-15(20)10-5-6-12-13(16)17-14(18(12)8-10)9-3-2-4-11(19)7-9/h2-4,7,10,19H,5-6,8H2,1H3. The summed E-state index contributed by atoms with van der Waals surface area (Å²) in [5, 5.41) is 10.1. The van der Waals surface area contributed by atoms with Crippen molar-refractivity contribution in [1.29, 1.82) is 0 Å². The van der Waals surface area contributed by atoms with Crippen LogP contribution in [0.1, 0.15) is 12.1 Å². The van der Waals surface area contributed by atoms with Crippen molar-refractivity contribution in [2.45, 2.75) is 19.4 Å². The smallest absolute Gasteiger partial charge is 0.310 e. The van der Waals surface area contributed by atoms with Gasteiger partial charge in [-0.2, -0.15) is 0 Å². The van der Waals surface area contributed by atoms with Gasteiger partial charge in [-0.15, -0.1) is 0 Å². The molecule has 0 saturated carbocycles. The number of hydrogen-bond acceptors (Lipinski definition) is 4. The Morgan fingerprint density at radius 2 is 2.33 bits per heavy atom. The van der Waals surface area contributed by atoms with Crippen molar-refractivity contribution in [3.63, 3.8) is 0 Å². The maximum absolute atomic E-state index is 11.8. The second-order valence-electron chi connectivity index (χ2n) is 5.09. The van der Waals surface area contributed by atoms with Crippen molar-refractivity contribution in [1.82, 2.24) is 9.55 Å². The molecular formula is C15H15ClN2O3. The second-order valence-corrected chi connectivity index (χ2v) is 5.45. The molecule has 1 aromatic carbocycles. The monoisotopic (exact) mass is 306 g/mol. The first-order valence-electron chi connectivity index (χ1n) is 6.72. The van der Waals surface area contributed by atoms with Gasteiger partial charge in [-0.05, 0) is 25.0 Å². The summed E-state index contributed by atoms with van der Waals surface area (Å²) in [6.45, 7) is 0.493. The van der Waals surface area contributed by atoms with Crippen molar-refractivity contribution < 1.29 is 14.6 Å². The van der Waals surface area contributed by atoms with Crippen molar-refractivity contribution in [3.8, 4) is 17.1 Å². The quantitative estimate of drug-likeness (QED) is 0.866. The van der Waals surface area contributed by atoms with Gasteiger partial charge in [0.2, 0.25) is 0 Å². The molecule has 0 amide bonds. The van der Waals surface area contributed by atoms with E-state index in [0.29, 0.717) is 30.4 Å². The highest BCUT2D eigenvalue weighted by Gasteiger charge is 2.29. The van der Waals surface area contributed by atoms with E-state index >= 15 is 0 Å². The lowest BCUT2D eigenvalue weighted by molar-refractivity contribution is -0.146. The fourth-order valence-corrected chi connectivity index (χ4v) is 3.02. The molecule has 3 rings (SSSR count). The van der Waals surface area contributed by atoms with Gasteiger partial charge in [-0.3, -0.25) is 4.79 Å². The van der Waals surface area contributed by atoms with Crippen LogP contribution in [0.4, 0.5) is 0 Å². The maximum Gasteiger partial charge on any atom is 0.310 e. The fraction of sp³-hybridized carbons (Fsp3) is 0.333. The van der Waals surface area contributed by atoms with Crippen molar-refractivity contribution in [2.24, 2.45) is 5.92 Å². The summed E-state index contributed by atoms with van der Waals surface area (Å²) in [5.74, 6) is 0.428. The van der Waals surface area contributed by atoms with Gasteiger partial charge in [-0.1, -0.05) is 23.7 Å². The summed E-state index contributed by atoms with van der Waals surface area (Å²) in [6, 6.07) is 6.84. The van der Waals surface area contributed by atoms with Crippen LogP contribution in [0, 0.1) is 5.92 Å². The number of benzene rings is 1.